The minimum absolute atomic E-state index is 0.152. The molecule has 2 aromatic heterocycles. The predicted octanol–water partition coefficient (Wildman–Crippen LogP) is 3.72. The van der Waals surface area contributed by atoms with Crippen molar-refractivity contribution >= 4 is 39.7 Å². The van der Waals surface area contributed by atoms with Crippen molar-refractivity contribution in [3.05, 3.63) is 62.0 Å². The summed E-state index contributed by atoms with van der Waals surface area (Å²) in [6.45, 7) is 3.73. The number of thiophene rings is 1. The summed E-state index contributed by atoms with van der Waals surface area (Å²) in [7, 11) is 0. The average Bonchev–Trinajstić information content (AvgIpc) is 2.91. The molecular weight excluding hydrogens is 324 g/mol. The summed E-state index contributed by atoms with van der Waals surface area (Å²) in [4.78, 5) is 31.1. The zero-order valence-corrected chi connectivity index (χ0v) is 14.1. The molecule has 0 fully saturated rings. The van der Waals surface area contributed by atoms with Gasteiger partial charge in [-0.25, -0.2) is 9.78 Å². The van der Waals surface area contributed by atoms with Gasteiger partial charge in [-0.15, -0.1) is 11.3 Å². The lowest BCUT2D eigenvalue weighted by atomic mass is 10.1. The maximum atomic E-state index is 12.2. The van der Waals surface area contributed by atoms with Crippen molar-refractivity contribution in [3.8, 4) is 0 Å². The minimum atomic E-state index is -1.04. The van der Waals surface area contributed by atoms with Crippen molar-refractivity contribution in [3.63, 3.8) is 0 Å². The molecule has 2 N–H and O–H groups in total. The summed E-state index contributed by atoms with van der Waals surface area (Å²) in [6.07, 6.45) is 4.57. The molecule has 3 aromatic rings. The van der Waals surface area contributed by atoms with Crippen molar-refractivity contribution in [1.82, 2.24) is 9.97 Å². The van der Waals surface area contributed by atoms with Crippen LogP contribution in [-0.4, -0.2) is 21.0 Å². The fourth-order valence-corrected chi connectivity index (χ4v) is 3.51. The molecule has 0 unspecified atom stereocenters. The first kappa shape index (κ1) is 16.1. The van der Waals surface area contributed by atoms with Crippen LogP contribution in [-0.2, 0) is 6.42 Å². The number of carbonyl (C=O) groups is 1. The number of carboxylic acids is 1. The largest absolute Gasteiger partial charge is 0.477 e. The second kappa shape index (κ2) is 6.41. The molecule has 0 spiro atoms. The zero-order chi connectivity index (χ0) is 17.3. The number of fused-ring (bicyclic) bond motifs is 1. The first-order valence-corrected chi connectivity index (χ1v) is 8.35. The number of benzene rings is 1. The lowest BCUT2D eigenvalue weighted by Gasteiger charge is -1.98. The van der Waals surface area contributed by atoms with Crippen LogP contribution in [0.4, 0.5) is 0 Å². The third-order valence-electron chi connectivity index (χ3n) is 3.83. The second-order valence-electron chi connectivity index (χ2n) is 5.42. The van der Waals surface area contributed by atoms with E-state index in [1.165, 1.54) is 5.56 Å². The van der Waals surface area contributed by atoms with Crippen molar-refractivity contribution in [2.45, 2.75) is 20.3 Å². The van der Waals surface area contributed by atoms with Crippen LogP contribution >= 0.6 is 11.3 Å². The van der Waals surface area contributed by atoms with Crippen molar-refractivity contribution in [2.24, 2.45) is 0 Å². The van der Waals surface area contributed by atoms with E-state index in [9.17, 15) is 14.7 Å². The number of carboxylic acid groups (broad SMARTS) is 1. The first-order valence-electron chi connectivity index (χ1n) is 7.53. The Morgan fingerprint density at radius 1 is 1.29 bits per heavy atom. The van der Waals surface area contributed by atoms with Crippen molar-refractivity contribution < 1.29 is 9.90 Å². The van der Waals surface area contributed by atoms with Gasteiger partial charge in [-0.3, -0.25) is 4.79 Å². The zero-order valence-electron chi connectivity index (χ0n) is 13.3. The summed E-state index contributed by atoms with van der Waals surface area (Å²) >= 11 is 1.02. The molecular formula is C18H16N2O3S. The Labute approximate surface area is 142 Å². The maximum Gasteiger partial charge on any atom is 0.346 e. The van der Waals surface area contributed by atoms with E-state index < -0.39 is 5.97 Å². The number of aromatic nitrogens is 2. The predicted molar refractivity (Wildman–Crippen MR) is 96.7 cm³/mol. The molecule has 0 amide bonds. The molecule has 6 heteroatoms. The van der Waals surface area contributed by atoms with Gasteiger partial charge in [-0.05, 0) is 36.1 Å². The molecule has 5 nitrogen and oxygen atoms in total. The molecule has 0 atom stereocenters. The topological polar surface area (TPSA) is 83.0 Å². The van der Waals surface area contributed by atoms with Gasteiger partial charge in [0, 0.05) is 0 Å². The lowest BCUT2D eigenvalue weighted by molar-refractivity contribution is 0.0701. The number of aromatic amines is 1. The Balaban J connectivity index is 1.99. The molecule has 0 bridgehead atoms. The van der Waals surface area contributed by atoms with Crippen molar-refractivity contribution in [2.75, 3.05) is 0 Å². The molecule has 0 saturated carbocycles. The van der Waals surface area contributed by atoms with E-state index in [1.807, 2.05) is 18.2 Å². The first-order chi connectivity index (χ1) is 11.5. The number of aromatic carboxylic acids is 1. The summed E-state index contributed by atoms with van der Waals surface area (Å²) < 4.78 is 0. The Bertz CT molecular complexity index is 998. The molecule has 122 valence electrons. The summed E-state index contributed by atoms with van der Waals surface area (Å²) in [5, 5.41) is 9.53. The Morgan fingerprint density at radius 2 is 2.00 bits per heavy atom. The highest BCUT2D eigenvalue weighted by Gasteiger charge is 2.18. The van der Waals surface area contributed by atoms with Gasteiger partial charge in [0.2, 0.25) is 0 Å². The van der Waals surface area contributed by atoms with Gasteiger partial charge in [0.1, 0.15) is 15.5 Å². The Kier molecular flexibility index (Phi) is 4.31. The van der Waals surface area contributed by atoms with E-state index in [2.05, 4.69) is 29.0 Å². The van der Waals surface area contributed by atoms with E-state index in [0.29, 0.717) is 21.6 Å². The highest BCUT2D eigenvalue weighted by molar-refractivity contribution is 7.20. The number of aryl methyl sites for hydroxylation is 2. The van der Waals surface area contributed by atoms with Crippen LogP contribution in [0.3, 0.4) is 0 Å². The van der Waals surface area contributed by atoms with Gasteiger partial charge >= 0.3 is 5.97 Å². The summed E-state index contributed by atoms with van der Waals surface area (Å²) in [5.41, 5.74) is 2.41. The standard InChI is InChI=1S/C18H16N2O3S/c1-3-11-4-6-12(7-5-11)8-9-13-19-16(21)14-10(2)15(18(22)23)24-17(14)20-13/h4-9H,3H2,1-2H3,(H,22,23)(H,19,20,21). The van der Waals surface area contributed by atoms with Crippen LogP contribution in [0.5, 0.6) is 0 Å². The highest BCUT2D eigenvalue weighted by atomic mass is 32.1. The monoisotopic (exact) mass is 340 g/mol. The second-order valence-corrected chi connectivity index (χ2v) is 6.42. The SMILES string of the molecule is CCc1ccc(C=Cc2nc3sc(C(=O)O)c(C)c3c(=O)[nH]2)cc1. The number of nitrogens with one attached hydrogen (secondary N) is 1. The number of hydrogen-bond donors (Lipinski definition) is 2. The summed E-state index contributed by atoms with van der Waals surface area (Å²) in [6, 6.07) is 8.12. The molecule has 0 aliphatic rings. The van der Waals surface area contributed by atoms with E-state index in [4.69, 9.17) is 0 Å². The van der Waals surface area contributed by atoms with Crippen LogP contribution in [0.1, 0.15) is 39.1 Å². The number of H-pyrrole nitrogens is 1. The van der Waals surface area contributed by atoms with E-state index in [-0.39, 0.29) is 10.4 Å². The molecule has 2 heterocycles. The highest BCUT2D eigenvalue weighted by Crippen LogP contribution is 2.26. The van der Waals surface area contributed by atoms with Gasteiger partial charge < -0.3 is 10.1 Å². The van der Waals surface area contributed by atoms with E-state index in [0.717, 1.165) is 23.3 Å². The number of nitrogens with zero attached hydrogens (tertiary/aromatic N) is 1. The lowest BCUT2D eigenvalue weighted by Crippen LogP contribution is -2.09. The van der Waals surface area contributed by atoms with Crippen LogP contribution in [0, 0.1) is 6.92 Å². The average molecular weight is 340 g/mol. The maximum absolute atomic E-state index is 12.2. The van der Waals surface area contributed by atoms with E-state index in [1.54, 1.807) is 13.0 Å². The molecule has 0 radical (unpaired) electrons. The molecule has 3 rings (SSSR count). The third-order valence-corrected chi connectivity index (χ3v) is 5.01. The van der Waals surface area contributed by atoms with Crippen LogP contribution in [0.15, 0.2) is 29.1 Å². The van der Waals surface area contributed by atoms with Crippen LogP contribution in [0.25, 0.3) is 22.4 Å². The van der Waals surface area contributed by atoms with Gasteiger partial charge in [-0.2, -0.15) is 0 Å². The fraction of sp³-hybridized carbons (Fsp3) is 0.167. The number of rotatable bonds is 4. The molecule has 24 heavy (non-hydrogen) atoms. The quantitative estimate of drug-likeness (QED) is 0.758. The minimum Gasteiger partial charge on any atom is -0.477 e. The number of hydrogen-bond acceptors (Lipinski definition) is 4. The molecule has 0 saturated heterocycles. The van der Waals surface area contributed by atoms with E-state index >= 15 is 0 Å². The van der Waals surface area contributed by atoms with Crippen LogP contribution < -0.4 is 5.56 Å². The van der Waals surface area contributed by atoms with Gasteiger partial charge in [0.05, 0.1) is 5.39 Å². The smallest absolute Gasteiger partial charge is 0.346 e. The fourth-order valence-electron chi connectivity index (χ4n) is 2.48. The molecule has 0 aliphatic heterocycles. The van der Waals surface area contributed by atoms with Gasteiger partial charge in [-0.1, -0.05) is 37.3 Å². The van der Waals surface area contributed by atoms with Gasteiger partial charge in [0.15, 0.2) is 0 Å². The normalized spacial score (nSPS) is 11.4. The Hall–Kier alpha value is -2.73. The summed E-state index contributed by atoms with van der Waals surface area (Å²) in [5.74, 6) is -0.631. The van der Waals surface area contributed by atoms with Gasteiger partial charge in [0.25, 0.3) is 5.56 Å². The molecule has 1 aromatic carbocycles. The van der Waals surface area contributed by atoms with Crippen molar-refractivity contribution in [1.29, 1.82) is 0 Å². The Morgan fingerprint density at radius 3 is 2.62 bits per heavy atom. The third kappa shape index (κ3) is 3.00. The van der Waals surface area contributed by atoms with Crippen LogP contribution in [0.2, 0.25) is 0 Å². The molecule has 0 aliphatic carbocycles.